The van der Waals surface area contributed by atoms with Crippen LogP contribution in [0.3, 0.4) is 0 Å². The quantitative estimate of drug-likeness (QED) is 0.826. The Balaban J connectivity index is 1.39. The van der Waals surface area contributed by atoms with Gasteiger partial charge in [0.2, 0.25) is 11.8 Å². The van der Waals surface area contributed by atoms with Crippen LogP contribution in [0.15, 0.2) is 24.3 Å². The van der Waals surface area contributed by atoms with Crippen molar-refractivity contribution in [1.82, 2.24) is 25.1 Å². The van der Waals surface area contributed by atoms with Crippen molar-refractivity contribution in [2.45, 2.75) is 50.2 Å². The third-order valence-corrected chi connectivity index (χ3v) is 5.71. The van der Waals surface area contributed by atoms with Crippen molar-refractivity contribution in [3.63, 3.8) is 0 Å². The minimum Gasteiger partial charge on any atom is -0.352 e. The number of fused-ring (bicyclic) bond motifs is 1. The van der Waals surface area contributed by atoms with Crippen molar-refractivity contribution in [2.24, 2.45) is 0 Å². The number of hydrogen-bond acceptors (Lipinski definition) is 4. The molecule has 0 radical (unpaired) electrons. The summed E-state index contributed by atoms with van der Waals surface area (Å²) in [5.74, 6) is 1.44. The molecule has 1 aromatic heterocycles. The van der Waals surface area contributed by atoms with Crippen molar-refractivity contribution in [3.8, 4) is 0 Å². The van der Waals surface area contributed by atoms with Gasteiger partial charge in [-0.05, 0) is 37.8 Å². The van der Waals surface area contributed by atoms with Gasteiger partial charge >= 0.3 is 0 Å². The molecular weight excluding hydrogens is 342 g/mol. The first-order valence-electron chi connectivity index (χ1n) is 9.96. The number of carbonyl (C=O) groups excluding carboxylic acids is 2. The number of para-hydroxylation sites is 2. The van der Waals surface area contributed by atoms with Crippen LogP contribution in [0.25, 0.3) is 11.0 Å². The molecule has 2 aromatic rings. The molecule has 2 amide bonds. The minimum absolute atomic E-state index is 0.00231. The molecule has 7 heteroatoms. The van der Waals surface area contributed by atoms with Crippen molar-refractivity contribution in [1.29, 1.82) is 0 Å². The van der Waals surface area contributed by atoms with E-state index >= 15 is 0 Å². The lowest BCUT2D eigenvalue weighted by Gasteiger charge is -2.35. The Morgan fingerprint density at radius 1 is 1.19 bits per heavy atom. The second kappa shape index (κ2) is 6.64. The van der Waals surface area contributed by atoms with Crippen molar-refractivity contribution in [3.05, 3.63) is 30.1 Å². The largest absolute Gasteiger partial charge is 0.352 e. The number of nitrogens with zero attached hydrogens (tertiary/aromatic N) is 3. The molecule has 1 atom stereocenters. The van der Waals surface area contributed by atoms with Gasteiger partial charge in [0.15, 0.2) is 0 Å². The molecule has 0 unspecified atom stereocenters. The zero-order valence-electron chi connectivity index (χ0n) is 15.4. The number of hydrogen-bond donors (Lipinski definition) is 2. The van der Waals surface area contributed by atoms with Gasteiger partial charge in [0.1, 0.15) is 18.4 Å². The van der Waals surface area contributed by atoms with Crippen molar-refractivity contribution < 1.29 is 9.59 Å². The standard InChI is InChI=1S/C20H25N5O2/c26-18(24-10-9-21-11-17(24)20(27)22-14-7-8-14)12-25-16-4-2-1-3-15(16)23-19(25)13-5-6-13/h1-4,13-14,17,21H,5-12H2,(H,22,27)/t17-/m1/s1. The van der Waals surface area contributed by atoms with E-state index in [9.17, 15) is 9.59 Å². The lowest BCUT2D eigenvalue weighted by atomic mass is 10.1. The molecule has 0 bridgehead atoms. The van der Waals surface area contributed by atoms with E-state index in [1.54, 1.807) is 4.90 Å². The summed E-state index contributed by atoms with van der Waals surface area (Å²) in [7, 11) is 0. The molecule has 2 saturated carbocycles. The number of benzene rings is 1. The third-order valence-electron chi connectivity index (χ3n) is 5.71. The van der Waals surface area contributed by atoms with Gasteiger partial charge < -0.3 is 20.1 Å². The van der Waals surface area contributed by atoms with Gasteiger partial charge in [-0.1, -0.05) is 12.1 Å². The van der Waals surface area contributed by atoms with Gasteiger partial charge in [-0.25, -0.2) is 4.98 Å². The van der Waals surface area contributed by atoms with Crippen LogP contribution in [0.4, 0.5) is 0 Å². The Labute approximate surface area is 158 Å². The average Bonchev–Trinajstić information content (AvgIpc) is 3.61. The number of nitrogens with one attached hydrogen (secondary N) is 2. The van der Waals surface area contributed by atoms with Gasteiger partial charge in [-0.15, -0.1) is 0 Å². The Kier molecular flexibility index (Phi) is 4.11. The number of imidazole rings is 1. The third kappa shape index (κ3) is 3.32. The van der Waals surface area contributed by atoms with Crippen LogP contribution in [0.2, 0.25) is 0 Å². The van der Waals surface area contributed by atoms with Crippen LogP contribution >= 0.6 is 0 Å². The van der Waals surface area contributed by atoms with Crippen LogP contribution in [-0.4, -0.2) is 58.0 Å². The molecule has 3 aliphatic rings. The molecule has 2 aliphatic carbocycles. The zero-order chi connectivity index (χ0) is 18.4. The van der Waals surface area contributed by atoms with Crippen LogP contribution in [0, 0.1) is 0 Å². The number of aromatic nitrogens is 2. The molecular formula is C20H25N5O2. The maximum absolute atomic E-state index is 13.2. The molecule has 2 N–H and O–H groups in total. The molecule has 142 valence electrons. The Morgan fingerprint density at radius 3 is 2.78 bits per heavy atom. The fourth-order valence-corrected chi connectivity index (χ4v) is 3.90. The summed E-state index contributed by atoms with van der Waals surface area (Å²) >= 11 is 0. The molecule has 27 heavy (non-hydrogen) atoms. The summed E-state index contributed by atoms with van der Waals surface area (Å²) in [6.07, 6.45) is 4.37. The van der Waals surface area contributed by atoms with Crippen LogP contribution < -0.4 is 10.6 Å². The summed E-state index contributed by atoms with van der Waals surface area (Å²) in [4.78, 5) is 32.3. The van der Waals surface area contributed by atoms with Gasteiger partial charge in [-0.3, -0.25) is 9.59 Å². The van der Waals surface area contributed by atoms with E-state index in [-0.39, 0.29) is 18.4 Å². The van der Waals surface area contributed by atoms with E-state index < -0.39 is 6.04 Å². The second-order valence-corrected chi connectivity index (χ2v) is 7.91. The topological polar surface area (TPSA) is 79.3 Å². The lowest BCUT2D eigenvalue weighted by molar-refractivity contribution is -0.142. The van der Waals surface area contributed by atoms with Gasteiger partial charge in [0, 0.05) is 31.6 Å². The highest BCUT2D eigenvalue weighted by atomic mass is 16.2. The fourth-order valence-electron chi connectivity index (χ4n) is 3.90. The average molecular weight is 367 g/mol. The maximum Gasteiger partial charge on any atom is 0.244 e. The minimum atomic E-state index is -0.425. The number of piperazine rings is 1. The van der Waals surface area contributed by atoms with E-state index in [0.29, 0.717) is 25.0 Å². The molecule has 1 aliphatic heterocycles. The molecule has 5 rings (SSSR count). The van der Waals surface area contributed by atoms with Crippen LogP contribution in [0.1, 0.15) is 37.4 Å². The first-order valence-corrected chi connectivity index (χ1v) is 9.96. The van der Waals surface area contributed by atoms with Gasteiger partial charge in [0.25, 0.3) is 0 Å². The maximum atomic E-state index is 13.2. The first kappa shape index (κ1) is 16.7. The van der Waals surface area contributed by atoms with Gasteiger partial charge in [-0.2, -0.15) is 0 Å². The molecule has 7 nitrogen and oxygen atoms in total. The second-order valence-electron chi connectivity index (χ2n) is 7.91. The zero-order valence-corrected chi connectivity index (χ0v) is 15.4. The van der Waals surface area contributed by atoms with E-state index in [0.717, 1.165) is 49.1 Å². The molecule has 2 heterocycles. The number of amides is 2. The lowest BCUT2D eigenvalue weighted by Crippen LogP contribution is -2.60. The van der Waals surface area contributed by atoms with E-state index in [1.807, 2.05) is 24.3 Å². The van der Waals surface area contributed by atoms with Gasteiger partial charge in [0.05, 0.1) is 11.0 Å². The van der Waals surface area contributed by atoms with Crippen molar-refractivity contribution in [2.75, 3.05) is 19.6 Å². The summed E-state index contributed by atoms with van der Waals surface area (Å²) in [5, 5.41) is 6.29. The van der Waals surface area contributed by atoms with Crippen LogP contribution in [0.5, 0.6) is 0 Å². The summed E-state index contributed by atoms with van der Waals surface area (Å²) in [6, 6.07) is 7.86. The SMILES string of the molecule is O=C(NC1CC1)[C@H]1CNCCN1C(=O)Cn1c(C2CC2)nc2ccccc21. The highest BCUT2D eigenvalue weighted by Gasteiger charge is 2.36. The Morgan fingerprint density at radius 2 is 2.00 bits per heavy atom. The molecule has 0 spiro atoms. The predicted molar refractivity (Wildman–Crippen MR) is 101 cm³/mol. The van der Waals surface area contributed by atoms with E-state index in [1.165, 1.54) is 0 Å². The van der Waals surface area contributed by atoms with Crippen molar-refractivity contribution >= 4 is 22.8 Å². The van der Waals surface area contributed by atoms with Crippen LogP contribution in [-0.2, 0) is 16.1 Å². The van der Waals surface area contributed by atoms with E-state index in [2.05, 4.69) is 15.2 Å². The highest BCUT2D eigenvalue weighted by Crippen LogP contribution is 2.40. The van der Waals surface area contributed by atoms with E-state index in [4.69, 9.17) is 4.98 Å². The first-order chi connectivity index (χ1) is 13.2. The summed E-state index contributed by atoms with van der Waals surface area (Å²) < 4.78 is 2.06. The molecule has 1 aromatic carbocycles. The number of rotatable bonds is 5. The number of carbonyl (C=O) groups is 2. The fraction of sp³-hybridized carbons (Fsp3) is 0.550. The highest BCUT2D eigenvalue weighted by molar-refractivity contribution is 5.89. The molecule has 1 saturated heterocycles. The Bertz CT molecular complexity index is 884. The Hall–Kier alpha value is -2.41. The predicted octanol–water partition coefficient (Wildman–Crippen LogP) is 0.993. The monoisotopic (exact) mass is 367 g/mol. The molecule has 3 fully saturated rings. The smallest absolute Gasteiger partial charge is 0.244 e. The summed E-state index contributed by atoms with van der Waals surface area (Å²) in [5.41, 5.74) is 1.94. The normalized spacial score (nSPS) is 22.8. The summed E-state index contributed by atoms with van der Waals surface area (Å²) in [6.45, 7) is 2.05.